The smallest absolute Gasteiger partial charge is 0.236 e. The number of likely N-dealkylation sites (N-methyl/N-ethyl adjacent to an activating group) is 1. The average Bonchev–Trinajstić information content (AvgIpc) is 3.35. The summed E-state index contributed by atoms with van der Waals surface area (Å²) >= 11 is 0. The van der Waals surface area contributed by atoms with Gasteiger partial charge in [-0.2, -0.15) is 0 Å². The highest BCUT2D eigenvalue weighted by Crippen LogP contribution is 2.29. The van der Waals surface area contributed by atoms with E-state index < -0.39 is 0 Å². The van der Waals surface area contributed by atoms with Crippen molar-refractivity contribution >= 4 is 5.91 Å². The molecule has 21 heavy (non-hydrogen) atoms. The minimum atomic E-state index is 0.346. The van der Waals surface area contributed by atoms with E-state index in [1.807, 2.05) is 11.9 Å². The number of likely N-dealkylation sites (tertiary alicyclic amines) is 1. The van der Waals surface area contributed by atoms with E-state index in [4.69, 9.17) is 0 Å². The molecule has 0 aromatic heterocycles. The molecule has 1 aliphatic carbocycles. The van der Waals surface area contributed by atoms with E-state index in [-0.39, 0.29) is 0 Å². The summed E-state index contributed by atoms with van der Waals surface area (Å²) in [6.07, 6.45) is 10.2. The van der Waals surface area contributed by atoms with Gasteiger partial charge in [-0.25, -0.2) is 0 Å². The number of nitrogens with zero attached hydrogens (tertiary/aromatic N) is 2. The third kappa shape index (κ3) is 3.98. The van der Waals surface area contributed by atoms with Gasteiger partial charge in [0.05, 0.1) is 6.54 Å². The first-order chi connectivity index (χ1) is 10.3. The van der Waals surface area contributed by atoms with Gasteiger partial charge in [-0.1, -0.05) is 12.8 Å². The van der Waals surface area contributed by atoms with Crippen molar-refractivity contribution < 1.29 is 4.79 Å². The molecular formula is C17H31N3O. The number of rotatable bonds is 4. The fourth-order valence-corrected chi connectivity index (χ4v) is 4.10. The Balaban J connectivity index is 1.61. The van der Waals surface area contributed by atoms with Gasteiger partial charge in [0.1, 0.15) is 0 Å². The third-order valence-corrected chi connectivity index (χ3v) is 5.67. The topological polar surface area (TPSA) is 35.6 Å². The zero-order valence-corrected chi connectivity index (χ0v) is 13.5. The molecule has 2 saturated heterocycles. The van der Waals surface area contributed by atoms with Crippen LogP contribution in [0.2, 0.25) is 0 Å². The average molecular weight is 293 g/mol. The molecule has 4 nitrogen and oxygen atoms in total. The molecule has 1 saturated carbocycles. The lowest BCUT2D eigenvalue weighted by Gasteiger charge is -2.38. The highest BCUT2D eigenvalue weighted by atomic mass is 16.2. The zero-order chi connectivity index (χ0) is 14.7. The van der Waals surface area contributed by atoms with Gasteiger partial charge in [-0.3, -0.25) is 9.69 Å². The van der Waals surface area contributed by atoms with Gasteiger partial charge in [0.15, 0.2) is 0 Å². The zero-order valence-electron chi connectivity index (χ0n) is 13.5. The Morgan fingerprint density at radius 2 is 1.86 bits per heavy atom. The van der Waals surface area contributed by atoms with Gasteiger partial charge in [0, 0.05) is 19.1 Å². The quantitative estimate of drug-likeness (QED) is 0.859. The van der Waals surface area contributed by atoms with Gasteiger partial charge in [-0.05, 0) is 64.1 Å². The van der Waals surface area contributed by atoms with Crippen LogP contribution in [0.3, 0.4) is 0 Å². The van der Waals surface area contributed by atoms with E-state index in [1.54, 1.807) is 0 Å². The standard InChI is InChI=1S/C17H31N3O/c1-19(15-6-7-15)17(21)13-20-12-4-2-3-5-16(20)14-8-10-18-11-9-14/h14-16,18H,2-13H2,1H3. The molecule has 3 aliphatic rings. The Morgan fingerprint density at radius 1 is 1.10 bits per heavy atom. The van der Waals surface area contributed by atoms with Crippen molar-refractivity contribution in [1.82, 2.24) is 15.1 Å². The van der Waals surface area contributed by atoms with Crippen molar-refractivity contribution in [3.63, 3.8) is 0 Å². The van der Waals surface area contributed by atoms with E-state index in [0.29, 0.717) is 24.5 Å². The second-order valence-electron chi connectivity index (χ2n) is 7.21. The maximum absolute atomic E-state index is 12.5. The molecule has 0 radical (unpaired) electrons. The molecule has 2 heterocycles. The second-order valence-corrected chi connectivity index (χ2v) is 7.21. The van der Waals surface area contributed by atoms with Crippen molar-refractivity contribution in [2.75, 3.05) is 33.2 Å². The first-order valence-corrected chi connectivity index (χ1v) is 8.96. The summed E-state index contributed by atoms with van der Waals surface area (Å²) in [5.74, 6) is 1.14. The number of hydrogen-bond acceptors (Lipinski definition) is 3. The van der Waals surface area contributed by atoms with Crippen LogP contribution in [0.15, 0.2) is 0 Å². The lowest BCUT2D eigenvalue weighted by Crippen LogP contribution is -2.48. The maximum atomic E-state index is 12.5. The van der Waals surface area contributed by atoms with E-state index in [0.717, 1.165) is 25.6 Å². The Kier molecular flexibility index (Phi) is 5.17. The molecule has 1 N–H and O–H groups in total. The van der Waals surface area contributed by atoms with Crippen molar-refractivity contribution in [3.8, 4) is 0 Å². The van der Waals surface area contributed by atoms with Gasteiger partial charge in [-0.15, -0.1) is 0 Å². The van der Waals surface area contributed by atoms with E-state index >= 15 is 0 Å². The molecule has 3 rings (SSSR count). The van der Waals surface area contributed by atoms with Gasteiger partial charge in [0.2, 0.25) is 5.91 Å². The third-order valence-electron chi connectivity index (χ3n) is 5.67. The molecule has 1 atom stereocenters. The van der Waals surface area contributed by atoms with Crippen LogP contribution in [0, 0.1) is 5.92 Å². The summed E-state index contributed by atoms with van der Waals surface area (Å²) in [7, 11) is 2.00. The van der Waals surface area contributed by atoms with E-state index in [1.165, 1.54) is 51.4 Å². The van der Waals surface area contributed by atoms with Crippen molar-refractivity contribution in [2.45, 2.75) is 63.5 Å². The van der Waals surface area contributed by atoms with Gasteiger partial charge < -0.3 is 10.2 Å². The summed E-state index contributed by atoms with van der Waals surface area (Å²) in [6, 6.07) is 1.19. The van der Waals surface area contributed by atoms with Crippen LogP contribution >= 0.6 is 0 Å². The molecule has 0 aromatic carbocycles. The van der Waals surface area contributed by atoms with E-state index in [2.05, 4.69) is 10.2 Å². The van der Waals surface area contributed by atoms with Crippen molar-refractivity contribution in [2.24, 2.45) is 5.92 Å². The summed E-state index contributed by atoms with van der Waals surface area (Å²) in [4.78, 5) is 17.0. The fourth-order valence-electron chi connectivity index (χ4n) is 4.10. The highest BCUT2D eigenvalue weighted by Gasteiger charge is 2.34. The number of nitrogens with one attached hydrogen (secondary N) is 1. The predicted molar refractivity (Wildman–Crippen MR) is 85.2 cm³/mol. The van der Waals surface area contributed by atoms with Crippen LogP contribution in [0.5, 0.6) is 0 Å². The van der Waals surface area contributed by atoms with Crippen LogP contribution in [-0.4, -0.2) is 61.0 Å². The van der Waals surface area contributed by atoms with E-state index in [9.17, 15) is 4.79 Å². The second kappa shape index (κ2) is 7.10. The largest absolute Gasteiger partial charge is 0.342 e. The summed E-state index contributed by atoms with van der Waals surface area (Å²) in [6.45, 7) is 4.09. The number of amides is 1. The first-order valence-electron chi connectivity index (χ1n) is 8.96. The van der Waals surface area contributed by atoms with Crippen LogP contribution in [0.1, 0.15) is 51.4 Å². The Hall–Kier alpha value is -0.610. The summed E-state index contributed by atoms with van der Waals surface area (Å²) < 4.78 is 0. The molecule has 2 aliphatic heterocycles. The van der Waals surface area contributed by atoms with Crippen molar-refractivity contribution in [1.29, 1.82) is 0 Å². The number of hydrogen-bond donors (Lipinski definition) is 1. The Labute approximate surface area is 129 Å². The van der Waals surface area contributed by atoms with Crippen LogP contribution < -0.4 is 5.32 Å². The van der Waals surface area contributed by atoms with Crippen LogP contribution in [0.4, 0.5) is 0 Å². The minimum Gasteiger partial charge on any atom is -0.342 e. The molecule has 0 bridgehead atoms. The van der Waals surface area contributed by atoms with Crippen LogP contribution in [0.25, 0.3) is 0 Å². The fraction of sp³-hybridized carbons (Fsp3) is 0.941. The lowest BCUT2D eigenvalue weighted by atomic mass is 9.87. The predicted octanol–water partition coefficient (Wildman–Crippen LogP) is 1.85. The van der Waals surface area contributed by atoms with Gasteiger partial charge >= 0.3 is 0 Å². The SMILES string of the molecule is CN(C(=O)CN1CCCCCC1C1CCNCC1)C1CC1. The summed E-state index contributed by atoms with van der Waals surface area (Å²) in [5.41, 5.74) is 0. The first kappa shape index (κ1) is 15.3. The molecule has 120 valence electrons. The normalized spacial score (nSPS) is 29.1. The lowest BCUT2D eigenvalue weighted by molar-refractivity contribution is -0.132. The highest BCUT2D eigenvalue weighted by molar-refractivity contribution is 5.78. The molecule has 0 spiro atoms. The molecule has 0 aromatic rings. The Bertz CT molecular complexity index is 350. The molecule has 4 heteroatoms. The number of piperidine rings is 1. The molecule has 3 fully saturated rings. The maximum Gasteiger partial charge on any atom is 0.236 e. The monoisotopic (exact) mass is 293 g/mol. The summed E-state index contributed by atoms with van der Waals surface area (Å²) in [5, 5.41) is 3.47. The molecule has 1 unspecified atom stereocenters. The molecule has 1 amide bonds. The van der Waals surface area contributed by atoms with Gasteiger partial charge in [0.25, 0.3) is 0 Å². The van der Waals surface area contributed by atoms with Crippen LogP contribution in [-0.2, 0) is 4.79 Å². The Morgan fingerprint density at radius 3 is 2.57 bits per heavy atom. The van der Waals surface area contributed by atoms with Crippen molar-refractivity contribution in [3.05, 3.63) is 0 Å². The number of carbonyl (C=O) groups is 1. The minimum absolute atomic E-state index is 0.346. The molecular weight excluding hydrogens is 262 g/mol. The number of carbonyl (C=O) groups excluding carboxylic acids is 1.